The van der Waals surface area contributed by atoms with Gasteiger partial charge in [0.2, 0.25) is 5.91 Å². The van der Waals surface area contributed by atoms with E-state index in [1.165, 1.54) is 6.92 Å². The molecule has 1 heterocycles. The van der Waals surface area contributed by atoms with Crippen LogP contribution in [-0.2, 0) is 44.7 Å². The Morgan fingerprint density at radius 3 is 2.10 bits per heavy atom. The number of ether oxygens (including phenoxy) is 4. The highest BCUT2D eigenvalue weighted by atomic mass is 16.7. The molecule has 0 aliphatic carbocycles. The summed E-state index contributed by atoms with van der Waals surface area (Å²) in [5.74, 6) is -3.81. The first-order valence-corrected chi connectivity index (χ1v) is 8.82. The minimum absolute atomic E-state index is 0.0202. The molecule has 1 aliphatic heterocycles. The first-order valence-electron chi connectivity index (χ1n) is 8.82. The molecule has 29 heavy (non-hydrogen) atoms. The molecule has 158 valence electrons. The summed E-state index contributed by atoms with van der Waals surface area (Å²) in [4.78, 5) is 46.4. The Bertz CT molecular complexity index is 751. The summed E-state index contributed by atoms with van der Waals surface area (Å²) in [6.45, 7) is 3.39. The first-order chi connectivity index (χ1) is 13.7. The van der Waals surface area contributed by atoms with Gasteiger partial charge in [-0.25, -0.2) is 0 Å². The molecule has 1 fully saturated rings. The van der Waals surface area contributed by atoms with E-state index in [9.17, 15) is 24.3 Å². The maximum Gasteiger partial charge on any atom is 0.303 e. The number of carbonyl (C=O) groups is 4. The Morgan fingerprint density at radius 1 is 1.00 bits per heavy atom. The summed E-state index contributed by atoms with van der Waals surface area (Å²) in [5.41, 5.74) is 0.758. The van der Waals surface area contributed by atoms with Crippen molar-refractivity contribution in [1.82, 2.24) is 5.32 Å². The van der Waals surface area contributed by atoms with Crippen LogP contribution >= 0.6 is 0 Å². The Balaban J connectivity index is 2.36. The van der Waals surface area contributed by atoms with Crippen molar-refractivity contribution in [1.29, 1.82) is 0 Å². The second-order valence-electron chi connectivity index (χ2n) is 6.42. The van der Waals surface area contributed by atoms with E-state index in [0.717, 1.165) is 19.4 Å². The van der Waals surface area contributed by atoms with Crippen molar-refractivity contribution in [3.05, 3.63) is 35.9 Å². The third-order valence-corrected chi connectivity index (χ3v) is 4.01. The van der Waals surface area contributed by atoms with Gasteiger partial charge < -0.3 is 34.2 Å². The predicted octanol–water partition coefficient (Wildman–Crippen LogP) is -0.954. The van der Waals surface area contributed by atoms with Gasteiger partial charge in [-0.3, -0.25) is 14.4 Å². The lowest BCUT2D eigenvalue weighted by Gasteiger charge is -2.45. The number of esters is 2. The SMILES string of the molecule is CC(=O)N[C@@H]1[C@@H](OCc2ccccc2)O[C@@H](C(=O)[O-])[C@@H](OC(C)=O)[C@H]1OC(C)=O. The van der Waals surface area contributed by atoms with Crippen LogP contribution in [0.15, 0.2) is 30.3 Å². The van der Waals surface area contributed by atoms with E-state index in [0.29, 0.717) is 0 Å². The molecule has 1 aromatic carbocycles. The number of nitrogens with one attached hydrogen (secondary N) is 1. The third-order valence-electron chi connectivity index (χ3n) is 4.01. The lowest BCUT2D eigenvalue weighted by molar-refractivity contribution is -0.342. The summed E-state index contributed by atoms with van der Waals surface area (Å²) in [6.07, 6.45) is -6.03. The molecular formula is C19H22NO9-. The van der Waals surface area contributed by atoms with E-state index in [4.69, 9.17) is 18.9 Å². The van der Waals surface area contributed by atoms with Gasteiger partial charge in [-0.15, -0.1) is 0 Å². The molecular weight excluding hydrogens is 386 g/mol. The summed E-state index contributed by atoms with van der Waals surface area (Å²) in [7, 11) is 0. The van der Waals surface area contributed by atoms with E-state index in [-0.39, 0.29) is 6.61 Å². The minimum atomic E-state index is -1.78. The Hall–Kier alpha value is -2.98. The van der Waals surface area contributed by atoms with Crippen LogP contribution in [-0.4, -0.2) is 54.5 Å². The van der Waals surface area contributed by atoms with Crippen LogP contribution in [0.5, 0.6) is 0 Å². The van der Waals surface area contributed by atoms with Gasteiger partial charge in [-0.05, 0) is 5.56 Å². The van der Waals surface area contributed by atoms with Crippen LogP contribution in [0.1, 0.15) is 26.3 Å². The molecule has 5 atom stereocenters. The number of carbonyl (C=O) groups excluding carboxylic acids is 4. The van der Waals surface area contributed by atoms with Crippen LogP contribution in [0.25, 0.3) is 0 Å². The predicted molar refractivity (Wildman–Crippen MR) is 93.6 cm³/mol. The Morgan fingerprint density at radius 2 is 1.59 bits per heavy atom. The highest BCUT2D eigenvalue weighted by Gasteiger charge is 2.51. The second kappa shape index (κ2) is 9.99. The van der Waals surface area contributed by atoms with Gasteiger partial charge in [-0.1, -0.05) is 30.3 Å². The fraction of sp³-hybridized carbons (Fsp3) is 0.474. The smallest absolute Gasteiger partial charge is 0.303 e. The monoisotopic (exact) mass is 408 g/mol. The topological polar surface area (TPSA) is 140 Å². The van der Waals surface area contributed by atoms with Crippen LogP contribution in [0, 0.1) is 0 Å². The van der Waals surface area contributed by atoms with Crippen molar-refractivity contribution >= 4 is 23.8 Å². The standard InChI is InChI=1S/C19H23NO9/c1-10(21)20-14-15(27-11(2)22)16(28-12(3)23)17(18(24)25)29-19(14)26-9-13-7-5-4-6-8-13/h4-8,14-17,19H,9H2,1-3H3,(H,20,21)(H,24,25)/p-1/t14-,15-,16-,17+,19-/m0/s1. The Kier molecular flexibility index (Phi) is 7.68. The zero-order valence-corrected chi connectivity index (χ0v) is 16.2. The van der Waals surface area contributed by atoms with Crippen molar-refractivity contribution in [2.45, 2.75) is 58.0 Å². The molecule has 10 nitrogen and oxygen atoms in total. The van der Waals surface area contributed by atoms with Crippen molar-refractivity contribution in [2.24, 2.45) is 0 Å². The highest BCUT2D eigenvalue weighted by molar-refractivity contribution is 5.75. The van der Waals surface area contributed by atoms with Gasteiger partial charge in [0.05, 0.1) is 12.6 Å². The molecule has 10 heteroatoms. The summed E-state index contributed by atoms with van der Waals surface area (Å²) in [5, 5.41) is 14.1. The van der Waals surface area contributed by atoms with Crippen LogP contribution in [0.4, 0.5) is 0 Å². The van der Waals surface area contributed by atoms with Crippen molar-refractivity contribution in [3.8, 4) is 0 Å². The van der Waals surface area contributed by atoms with Crippen LogP contribution in [0.2, 0.25) is 0 Å². The molecule has 1 saturated heterocycles. The number of carboxylic acid groups (broad SMARTS) is 1. The summed E-state index contributed by atoms with van der Waals surface area (Å²) in [6, 6.07) is 7.80. The average Bonchev–Trinajstić information content (AvgIpc) is 2.63. The molecule has 0 saturated carbocycles. The molecule has 0 bridgehead atoms. The van der Waals surface area contributed by atoms with E-state index in [1.807, 2.05) is 6.07 Å². The highest BCUT2D eigenvalue weighted by Crippen LogP contribution is 2.28. The van der Waals surface area contributed by atoms with Gasteiger partial charge in [0.25, 0.3) is 0 Å². The fourth-order valence-corrected chi connectivity index (χ4v) is 2.96. The lowest BCUT2D eigenvalue weighted by atomic mass is 9.95. The first kappa shape index (κ1) is 22.3. The summed E-state index contributed by atoms with van der Waals surface area (Å²) < 4.78 is 21.3. The van der Waals surface area contributed by atoms with Gasteiger partial charge >= 0.3 is 11.9 Å². The zero-order chi connectivity index (χ0) is 21.6. The molecule has 0 aromatic heterocycles. The summed E-state index contributed by atoms with van der Waals surface area (Å²) >= 11 is 0. The number of amides is 1. The maximum atomic E-state index is 11.7. The molecule has 2 rings (SSSR count). The number of carboxylic acids is 1. The van der Waals surface area contributed by atoms with Gasteiger partial charge in [0.15, 0.2) is 18.5 Å². The van der Waals surface area contributed by atoms with E-state index in [1.54, 1.807) is 24.3 Å². The minimum Gasteiger partial charge on any atom is -0.547 e. The number of hydrogen-bond donors (Lipinski definition) is 1. The molecule has 1 amide bonds. The average molecular weight is 408 g/mol. The normalized spacial score (nSPS) is 26.2. The molecule has 0 radical (unpaired) electrons. The van der Waals surface area contributed by atoms with E-state index >= 15 is 0 Å². The molecule has 1 aliphatic rings. The fourth-order valence-electron chi connectivity index (χ4n) is 2.96. The van der Waals surface area contributed by atoms with Crippen molar-refractivity contribution in [2.75, 3.05) is 0 Å². The van der Waals surface area contributed by atoms with E-state index in [2.05, 4.69) is 5.32 Å². The van der Waals surface area contributed by atoms with Crippen molar-refractivity contribution in [3.63, 3.8) is 0 Å². The number of benzene rings is 1. The van der Waals surface area contributed by atoms with Gasteiger partial charge in [0, 0.05) is 20.8 Å². The number of hydrogen-bond acceptors (Lipinski definition) is 9. The second-order valence-corrected chi connectivity index (χ2v) is 6.42. The maximum absolute atomic E-state index is 11.7. The Labute approximate surface area is 167 Å². The lowest BCUT2D eigenvalue weighted by Crippen LogP contribution is -2.68. The van der Waals surface area contributed by atoms with Gasteiger partial charge in [0.1, 0.15) is 12.1 Å². The molecule has 1 N–H and O–H groups in total. The van der Waals surface area contributed by atoms with Crippen LogP contribution < -0.4 is 10.4 Å². The van der Waals surface area contributed by atoms with Gasteiger partial charge in [-0.2, -0.15) is 0 Å². The quantitative estimate of drug-likeness (QED) is 0.565. The molecule has 0 spiro atoms. The largest absolute Gasteiger partial charge is 0.547 e. The molecule has 0 unspecified atom stereocenters. The number of rotatable bonds is 7. The molecule has 1 aromatic rings. The van der Waals surface area contributed by atoms with Crippen LogP contribution in [0.3, 0.4) is 0 Å². The third kappa shape index (κ3) is 6.26. The van der Waals surface area contributed by atoms with E-state index < -0.39 is 54.5 Å². The number of aliphatic carboxylic acids is 1. The zero-order valence-electron chi connectivity index (χ0n) is 16.2. The van der Waals surface area contributed by atoms with Crippen molar-refractivity contribution < 1.29 is 43.2 Å².